The Bertz CT molecular complexity index is 1230. The van der Waals surface area contributed by atoms with Crippen molar-refractivity contribution in [1.29, 1.82) is 0 Å². The molecular formula is C22H23Cl2N5O. The highest BCUT2D eigenvalue weighted by molar-refractivity contribution is 6.34. The maximum Gasteiger partial charge on any atom is 0.258 e. The van der Waals surface area contributed by atoms with Gasteiger partial charge in [-0.1, -0.05) is 28.9 Å². The Hall–Kier alpha value is -2.41. The molecule has 30 heavy (non-hydrogen) atoms. The van der Waals surface area contributed by atoms with Crippen LogP contribution in [0.5, 0.6) is 0 Å². The van der Waals surface area contributed by atoms with E-state index in [1.54, 1.807) is 0 Å². The third kappa shape index (κ3) is 3.39. The lowest BCUT2D eigenvalue weighted by Crippen LogP contribution is -2.24. The van der Waals surface area contributed by atoms with Crippen LogP contribution in [0.1, 0.15) is 36.6 Å². The van der Waals surface area contributed by atoms with Crippen molar-refractivity contribution in [3.63, 3.8) is 0 Å². The number of hydrogen-bond acceptors (Lipinski definition) is 5. The molecule has 0 fully saturated rings. The van der Waals surface area contributed by atoms with E-state index in [0.29, 0.717) is 16.9 Å². The average molecular weight is 444 g/mol. The number of fused-ring (bicyclic) bond motifs is 2. The van der Waals surface area contributed by atoms with Gasteiger partial charge in [0.1, 0.15) is 0 Å². The monoisotopic (exact) mass is 443 g/mol. The van der Waals surface area contributed by atoms with Crippen molar-refractivity contribution < 1.29 is 4.52 Å². The fourth-order valence-electron chi connectivity index (χ4n) is 4.09. The van der Waals surface area contributed by atoms with Crippen molar-refractivity contribution in [2.24, 2.45) is 0 Å². The topological polar surface area (TPSA) is 68.8 Å². The number of aromatic nitrogens is 4. The number of nitrogens with zero attached hydrogens (tertiary/aromatic N) is 4. The largest absolute Gasteiger partial charge is 0.334 e. The molecule has 8 heteroatoms. The Kier molecular flexibility index (Phi) is 5.57. The van der Waals surface area contributed by atoms with Gasteiger partial charge in [-0.2, -0.15) is 10.1 Å². The molecule has 3 heterocycles. The predicted molar refractivity (Wildman–Crippen MR) is 121 cm³/mol. The van der Waals surface area contributed by atoms with Crippen LogP contribution in [-0.4, -0.2) is 26.5 Å². The van der Waals surface area contributed by atoms with Gasteiger partial charge < -0.3 is 9.84 Å². The summed E-state index contributed by atoms with van der Waals surface area (Å²) in [5.41, 5.74) is 6.82. The molecule has 1 aliphatic heterocycles. The van der Waals surface area contributed by atoms with Crippen molar-refractivity contribution in [2.75, 3.05) is 6.54 Å². The lowest BCUT2D eigenvalue weighted by Gasteiger charge is -2.20. The smallest absolute Gasteiger partial charge is 0.258 e. The van der Waals surface area contributed by atoms with Gasteiger partial charge in [-0.05, 0) is 68.6 Å². The molecule has 0 saturated heterocycles. The molecule has 0 aliphatic carbocycles. The summed E-state index contributed by atoms with van der Waals surface area (Å²) in [6.07, 6.45) is 1.02. The van der Waals surface area contributed by atoms with Crippen molar-refractivity contribution in [1.82, 2.24) is 25.2 Å². The zero-order valence-electron chi connectivity index (χ0n) is 17.1. The predicted octanol–water partition coefficient (Wildman–Crippen LogP) is 5.36. The van der Waals surface area contributed by atoms with Crippen LogP contribution >= 0.6 is 24.0 Å². The van der Waals surface area contributed by atoms with Gasteiger partial charge in [0.25, 0.3) is 5.89 Å². The average Bonchev–Trinajstić information content (AvgIpc) is 3.34. The third-order valence-electron chi connectivity index (χ3n) is 5.63. The van der Waals surface area contributed by atoms with Gasteiger partial charge in [0.2, 0.25) is 5.82 Å². The number of benzene rings is 2. The SMILES string of the molecule is Cc1c(-c2noc(-c3ccc4c(c3)c(Cl)nn4C(C)C)n2)ccc2c1CCNC2.Cl. The van der Waals surface area contributed by atoms with Crippen LogP contribution in [0.15, 0.2) is 34.9 Å². The van der Waals surface area contributed by atoms with Gasteiger partial charge in [-0.15, -0.1) is 12.4 Å². The van der Waals surface area contributed by atoms with Crippen LogP contribution in [0, 0.1) is 6.92 Å². The Morgan fingerprint density at radius 3 is 2.83 bits per heavy atom. The summed E-state index contributed by atoms with van der Waals surface area (Å²) in [4.78, 5) is 4.68. The van der Waals surface area contributed by atoms with Crippen LogP contribution < -0.4 is 5.32 Å². The van der Waals surface area contributed by atoms with E-state index in [4.69, 9.17) is 16.1 Å². The first kappa shape index (κ1) is 20.8. The highest BCUT2D eigenvalue weighted by atomic mass is 35.5. The lowest BCUT2D eigenvalue weighted by molar-refractivity contribution is 0.432. The second-order valence-electron chi connectivity index (χ2n) is 7.79. The number of nitrogens with one attached hydrogen (secondary N) is 1. The maximum atomic E-state index is 6.37. The summed E-state index contributed by atoms with van der Waals surface area (Å²) in [6.45, 7) is 8.22. The first-order valence-electron chi connectivity index (χ1n) is 9.87. The number of rotatable bonds is 3. The summed E-state index contributed by atoms with van der Waals surface area (Å²) in [7, 11) is 0. The molecule has 1 aliphatic rings. The molecule has 0 bridgehead atoms. The zero-order chi connectivity index (χ0) is 20.1. The zero-order valence-corrected chi connectivity index (χ0v) is 18.6. The first-order chi connectivity index (χ1) is 14.0. The van der Waals surface area contributed by atoms with Gasteiger partial charge in [0.15, 0.2) is 5.15 Å². The highest BCUT2D eigenvalue weighted by Gasteiger charge is 2.19. The molecule has 156 valence electrons. The Balaban J connectivity index is 0.00000218. The minimum absolute atomic E-state index is 0. The van der Waals surface area contributed by atoms with E-state index < -0.39 is 0 Å². The summed E-state index contributed by atoms with van der Waals surface area (Å²) < 4.78 is 7.53. The molecule has 0 saturated carbocycles. The second kappa shape index (κ2) is 8.02. The summed E-state index contributed by atoms with van der Waals surface area (Å²) in [5.74, 6) is 1.09. The standard InChI is InChI=1S/C22H22ClN5O.ClH/c1-12(2)28-19-7-5-14(10-18(19)20(23)26-28)22-25-21(27-29-22)17-6-4-15-11-24-9-8-16(15)13(17)3;/h4-7,10,12,24H,8-9,11H2,1-3H3;1H. The molecule has 0 radical (unpaired) electrons. The Morgan fingerprint density at radius 2 is 2.03 bits per heavy atom. The summed E-state index contributed by atoms with van der Waals surface area (Å²) >= 11 is 6.37. The number of halogens is 2. The molecule has 5 rings (SSSR count). The molecular weight excluding hydrogens is 421 g/mol. The van der Waals surface area contributed by atoms with E-state index in [1.807, 2.05) is 22.9 Å². The van der Waals surface area contributed by atoms with Gasteiger partial charge in [-0.3, -0.25) is 4.68 Å². The van der Waals surface area contributed by atoms with Gasteiger partial charge in [0, 0.05) is 29.1 Å². The van der Waals surface area contributed by atoms with Gasteiger partial charge >= 0.3 is 0 Å². The molecule has 0 spiro atoms. The van der Waals surface area contributed by atoms with Crippen LogP contribution in [0.3, 0.4) is 0 Å². The lowest BCUT2D eigenvalue weighted by atomic mass is 9.92. The summed E-state index contributed by atoms with van der Waals surface area (Å²) in [5, 5.41) is 13.5. The molecule has 2 aromatic heterocycles. The quantitative estimate of drug-likeness (QED) is 0.461. The molecule has 6 nitrogen and oxygen atoms in total. The van der Waals surface area contributed by atoms with E-state index in [1.165, 1.54) is 16.7 Å². The van der Waals surface area contributed by atoms with E-state index in [2.05, 4.69) is 53.5 Å². The normalized spacial score (nSPS) is 13.5. The molecule has 0 amide bonds. The van der Waals surface area contributed by atoms with E-state index in [-0.39, 0.29) is 18.4 Å². The van der Waals surface area contributed by atoms with Gasteiger partial charge in [-0.25, -0.2) is 0 Å². The van der Waals surface area contributed by atoms with Crippen molar-refractivity contribution in [3.05, 3.63) is 52.2 Å². The molecule has 0 atom stereocenters. The molecule has 1 N–H and O–H groups in total. The van der Waals surface area contributed by atoms with Crippen LogP contribution in [-0.2, 0) is 13.0 Å². The fourth-order valence-corrected chi connectivity index (χ4v) is 4.32. The highest BCUT2D eigenvalue weighted by Crippen LogP contribution is 2.32. The minimum Gasteiger partial charge on any atom is -0.334 e. The van der Waals surface area contributed by atoms with E-state index in [9.17, 15) is 0 Å². The second-order valence-corrected chi connectivity index (χ2v) is 8.14. The fraction of sp³-hybridized carbons (Fsp3) is 0.318. The third-order valence-corrected chi connectivity index (χ3v) is 5.91. The van der Waals surface area contributed by atoms with Crippen LogP contribution in [0.2, 0.25) is 5.15 Å². The van der Waals surface area contributed by atoms with Crippen molar-refractivity contribution in [3.8, 4) is 22.8 Å². The minimum atomic E-state index is 0. The van der Waals surface area contributed by atoms with E-state index >= 15 is 0 Å². The maximum absolute atomic E-state index is 6.37. The van der Waals surface area contributed by atoms with Crippen LogP contribution in [0.25, 0.3) is 33.7 Å². The Morgan fingerprint density at radius 1 is 1.20 bits per heavy atom. The Labute approximate surface area is 186 Å². The van der Waals surface area contributed by atoms with Crippen LogP contribution in [0.4, 0.5) is 0 Å². The number of hydrogen-bond donors (Lipinski definition) is 1. The van der Waals surface area contributed by atoms with Crippen molar-refractivity contribution >= 4 is 34.9 Å². The molecule has 4 aromatic rings. The van der Waals surface area contributed by atoms with Crippen molar-refractivity contribution in [2.45, 2.75) is 39.8 Å². The molecule has 2 aromatic carbocycles. The van der Waals surface area contributed by atoms with E-state index in [0.717, 1.165) is 41.5 Å². The summed E-state index contributed by atoms with van der Waals surface area (Å²) in [6, 6.07) is 10.4. The van der Waals surface area contributed by atoms with Gasteiger partial charge in [0.05, 0.1) is 5.52 Å². The molecule has 0 unspecified atom stereocenters. The first-order valence-corrected chi connectivity index (χ1v) is 10.2.